The lowest BCUT2D eigenvalue weighted by Crippen LogP contribution is -2.26. The average molecular weight is 196 g/mol. The third-order valence-electron chi connectivity index (χ3n) is 2.44. The highest BCUT2D eigenvalue weighted by molar-refractivity contribution is 5.88. The predicted octanol–water partition coefficient (Wildman–Crippen LogP) is 1.84. The van der Waals surface area contributed by atoms with E-state index in [2.05, 4.69) is 17.4 Å². The summed E-state index contributed by atoms with van der Waals surface area (Å²) in [6.45, 7) is 6.27. The van der Waals surface area contributed by atoms with Gasteiger partial charge in [-0.15, -0.1) is 0 Å². The van der Waals surface area contributed by atoms with Gasteiger partial charge in [-0.3, -0.25) is 0 Å². The smallest absolute Gasteiger partial charge is 0.335 e. The fourth-order valence-electron chi connectivity index (χ4n) is 1.44. The van der Waals surface area contributed by atoms with Gasteiger partial charge in [0, 0.05) is 0 Å². The van der Waals surface area contributed by atoms with Crippen LogP contribution in [0.3, 0.4) is 0 Å². The second kappa shape index (κ2) is 4.96. The van der Waals surface area contributed by atoms with Gasteiger partial charge in [-0.1, -0.05) is 12.7 Å². The number of rotatable bonds is 2. The van der Waals surface area contributed by atoms with E-state index in [-0.39, 0.29) is 12.1 Å². The molecule has 0 saturated carbocycles. The van der Waals surface area contributed by atoms with E-state index in [1.807, 2.05) is 6.92 Å². The van der Waals surface area contributed by atoms with Gasteiger partial charge in [0.25, 0.3) is 0 Å². The fourth-order valence-corrected chi connectivity index (χ4v) is 1.44. The molecule has 78 valence electrons. The number of ether oxygens (including phenoxy) is 2. The molecule has 1 aliphatic heterocycles. The molecule has 3 heteroatoms. The summed E-state index contributed by atoms with van der Waals surface area (Å²) < 4.78 is 10.1. The molecule has 0 radical (unpaired) electrons. The van der Waals surface area contributed by atoms with Crippen molar-refractivity contribution in [3.63, 3.8) is 0 Å². The molecule has 0 spiro atoms. The minimum absolute atomic E-state index is 0.175. The first-order chi connectivity index (χ1) is 6.69. The van der Waals surface area contributed by atoms with Gasteiger partial charge in [0.15, 0.2) is 0 Å². The van der Waals surface area contributed by atoms with Crippen LogP contribution in [0.1, 0.15) is 19.8 Å². The molecule has 0 aliphatic carbocycles. The molecule has 0 N–H and O–H groups in total. The molecule has 0 bridgehead atoms. The highest BCUT2D eigenvalue weighted by Gasteiger charge is 2.23. The molecule has 0 aromatic rings. The summed E-state index contributed by atoms with van der Waals surface area (Å²) in [5.41, 5.74) is 1.70. The van der Waals surface area contributed by atoms with Crippen molar-refractivity contribution in [2.24, 2.45) is 0 Å². The Balaban J connectivity index is 2.49. The monoisotopic (exact) mass is 196 g/mol. The van der Waals surface area contributed by atoms with E-state index in [1.54, 1.807) is 0 Å². The zero-order valence-electron chi connectivity index (χ0n) is 8.71. The molecular formula is C11H16O3. The average Bonchev–Trinajstić information content (AvgIpc) is 2.27. The summed E-state index contributed by atoms with van der Waals surface area (Å²) in [4.78, 5) is 11.1. The van der Waals surface area contributed by atoms with Crippen molar-refractivity contribution < 1.29 is 14.3 Å². The third kappa shape index (κ3) is 2.45. The van der Waals surface area contributed by atoms with Gasteiger partial charge in [0.2, 0.25) is 0 Å². The van der Waals surface area contributed by atoms with Crippen LogP contribution in [-0.2, 0) is 14.3 Å². The molecule has 1 aliphatic rings. The van der Waals surface area contributed by atoms with Crippen molar-refractivity contribution in [3.8, 4) is 0 Å². The number of carbonyl (C=O) groups is 1. The number of hydrogen-bond donors (Lipinski definition) is 0. The fraction of sp³-hybridized carbons (Fsp3) is 0.545. The van der Waals surface area contributed by atoms with Crippen LogP contribution in [0.5, 0.6) is 0 Å². The van der Waals surface area contributed by atoms with E-state index in [0.717, 1.165) is 12.8 Å². The number of esters is 1. The standard InChI is InChI=1S/C11H16O3/c1-4-9-5-6-10(14-7-9)8(2)11(12)13-3/h4,10H,2,5-7H2,1,3H3/b9-4+/t10-/m1/s1. The summed E-state index contributed by atoms with van der Waals surface area (Å²) in [5, 5.41) is 0. The Bertz CT molecular complexity index is 256. The predicted molar refractivity (Wildman–Crippen MR) is 53.9 cm³/mol. The van der Waals surface area contributed by atoms with Crippen molar-refractivity contribution in [2.45, 2.75) is 25.9 Å². The van der Waals surface area contributed by atoms with Gasteiger partial charge in [-0.2, -0.15) is 0 Å². The normalized spacial score (nSPS) is 24.7. The van der Waals surface area contributed by atoms with Crippen LogP contribution >= 0.6 is 0 Å². The van der Waals surface area contributed by atoms with Gasteiger partial charge >= 0.3 is 5.97 Å². The molecule has 14 heavy (non-hydrogen) atoms. The topological polar surface area (TPSA) is 35.5 Å². The van der Waals surface area contributed by atoms with Crippen LogP contribution in [0.15, 0.2) is 23.8 Å². The lowest BCUT2D eigenvalue weighted by atomic mass is 9.99. The van der Waals surface area contributed by atoms with E-state index in [1.165, 1.54) is 12.7 Å². The van der Waals surface area contributed by atoms with Crippen LogP contribution in [0.25, 0.3) is 0 Å². The van der Waals surface area contributed by atoms with Gasteiger partial charge in [-0.25, -0.2) is 4.79 Å². The number of carbonyl (C=O) groups excluding carboxylic acids is 1. The Morgan fingerprint density at radius 2 is 2.43 bits per heavy atom. The Hall–Kier alpha value is -1.09. The van der Waals surface area contributed by atoms with Crippen LogP contribution in [0, 0.1) is 0 Å². The summed E-state index contributed by atoms with van der Waals surface area (Å²) in [7, 11) is 1.35. The Morgan fingerprint density at radius 3 is 2.86 bits per heavy atom. The SMILES string of the molecule is C=C(C(=O)OC)[C@H]1CC/C(=C\C)CO1. The zero-order valence-corrected chi connectivity index (χ0v) is 8.71. The van der Waals surface area contributed by atoms with Crippen molar-refractivity contribution in [1.82, 2.24) is 0 Å². The van der Waals surface area contributed by atoms with E-state index in [0.29, 0.717) is 12.2 Å². The molecule has 1 saturated heterocycles. The molecule has 1 heterocycles. The van der Waals surface area contributed by atoms with Crippen molar-refractivity contribution in [3.05, 3.63) is 23.8 Å². The quantitative estimate of drug-likeness (QED) is 0.384. The number of allylic oxidation sites excluding steroid dienone is 1. The number of methoxy groups -OCH3 is 1. The van der Waals surface area contributed by atoms with E-state index in [9.17, 15) is 4.79 Å². The molecule has 0 unspecified atom stereocenters. The van der Waals surface area contributed by atoms with Gasteiger partial charge < -0.3 is 9.47 Å². The van der Waals surface area contributed by atoms with Crippen LogP contribution in [0.4, 0.5) is 0 Å². The minimum atomic E-state index is -0.376. The first-order valence-corrected chi connectivity index (χ1v) is 4.71. The van der Waals surface area contributed by atoms with E-state index in [4.69, 9.17) is 4.74 Å². The molecule has 1 fully saturated rings. The summed E-state index contributed by atoms with van der Waals surface area (Å²) in [6, 6.07) is 0. The zero-order chi connectivity index (χ0) is 10.6. The lowest BCUT2D eigenvalue weighted by Gasteiger charge is -2.25. The largest absolute Gasteiger partial charge is 0.466 e. The van der Waals surface area contributed by atoms with E-state index >= 15 is 0 Å². The van der Waals surface area contributed by atoms with Crippen molar-refractivity contribution in [2.75, 3.05) is 13.7 Å². The molecule has 3 nitrogen and oxygen atoms in total. The highest BCUT2D eigenvalue weighted by Crippen LogP contribution is 2.22. The maximum Gasteiger partial charge on any atom is 0.335 e. The molecule has 0 aromatic carbocycles. The summed E-state index contributed by atoms with van der Waals surface area (Å²) in [5.74, 6) is -0.376. The van der Waals surface area contributed by atoms with Crippen LogP contribution < -0.4 is 0 Å². The Labute approximate surface area is 84.4 Å². The Kier molecular flexibility index (Phi) is 3.89. The molecular weight excluding hydrogens is 180 g/mol. The summed E-state index contributed by atoms with van der Waals surface area (Å²) >= 11 is 0. The van der Waals surface area contributed by atoms with Crippen LogP contribution in [0.2, 0.25) is 0 Å². The van der Waals surface area contributed by atoms with Crippen LogP contribution in [-0.4, -0.2) is 25.8 Å². The maximum absolute atomic E-state index is 11.1. The third-order valence-corrected chi connectivity index (χ3v) is 2.44. The highest BCUT2D eigenvalue weighted by atomic mass is 16.5. The molecule has 0 amide bonds. The second-order valence-corrected chi connectivity index (χ2v) is 3.30. The number of hydrogen-bond acceptors (Lipinski definition) is 3. The van der Waals surface area contributed by atoms with Crippen molar-refractivity contribution in [1.29, 1.82) is 0 Å². The lowest BCUT2D eigenvalue weighted by molar-refractivity contribution is -0.137. The molecule has 1 rings (SSSR count). The first kappa shape index (κ1) is 11.0. The van der Waals surface area contributed by atoms with E-state index < -0.39 is 0 Å². The minimum Gasteiger partial charge on any atom is -0.466 e. The Morgan fingerprint density at radius 1 is 1.71 bits per heavy atom. The van der Waals surface area contributed by atoms with Gasteiger partial charge in [0.05, 0.1) is 25.4 Å². The summed E-state index contributed by atoms with van der Waals surface area (Å²) in [6.07, 6.45) is 3.66. The van der Waals surface area contributed by atoms with Crippen molar-refractivity contribution >= 4 is 5.97 Å². The molecule has 0 aromatic heterocycles. The van der Waals surface area contributed by atoms with Gasteiger partial charge in [0.1, 0.15) is 0 Å². The second-order valence-electron chi connectivity index (χ2n) is 3.30. The molecule has 1 atom stereocenters. The van der Waals surface area contributed by atoms with Gasteiger partial charge in [-0.05, 0) is 25.3 Å². The first-order valence-electron chi connectivity index (χ1n) is 4.71. The maximum atomic E-state index is 11.1.